The lowest BCUT2D eigenvalue weighted by Gasteiger charge is -2.21. The molecule has 0 saturated carbocycles. The highest BCUT2D eigenvalue weighted by molar-refractivity contribution is 7.89. The van der Waals surface area contributed by atoms with Gasteiger partial charge >= 0.3 is 0 Å². The van der Waals surface area contributed by atoms with Crippen LogP contribution >= 0.6 is 0 Å². The van der Waals surface area contributed by atoms with Crippen LogP contribution in [0.2, 0.25) is 0 Å². The molecule has 0 aliphatic carbocycles. The third-order valence-corrected chi connectivity index (χ3v) is 7.27. The quantitative estimate of drug-likeness (QED) is 0.716. The molecule has 0 atom stereocenters. The van der Waals surface area contributed by atoms with E-state index < -0.39 is 10.0 Å². The van der Waals surface area contributed by atoms with Crippen LogP contribution in [-0.4, -0.2) is 38.8 Å². The van der Waals surface area contributed by atoms with Gasteiger partial charge in [0.2, 0.25) is 15.9 Å². The monoisotopic (exact) mass is 430 g/mol. The summed E-state index contributed by atoms with van der Waals surface area (Å²) in [6.45, 7) is 3.09. The largest absolute Gasteiger partial charge is 0.495 e. The van der Waals surface area contributed by atoms with Crippen LogP contribution in [-0.2, 0) is 21.2 Å². The van der Waals surface area contributed by atoms with E-state index in [-0.39, 0.29) is 10.8 Å². The van der Waals surface area contributed by atoms with E-state index in [2.05, 4.69) is 11.4 Å². The van der Waals surface area contributed by atoms with E-state index in [0.717, 1.165) is 36.8 Å². The smallest absolute Gasteiger partial charge is 0.243 e. The van der Waals surface area contributed by atoms with E-state index in [0.29, 0.717) is 37.4 Å². The predicted octanol–water partition coefficient (Wildman–Crippen LogP) is 4.14. The lowest BCUT2D eigenvalue weighted by atomic mass is 10.1. The minimum atomic E-state index is -3.60. The van der Waals surface area contributed by atoms with Crippen LogP contribution in [0.15, 0.2) is 47.4 Å². The Labute approximate surface area is 179 Å². The number of amides is 1. The van der Waals surface area contributed by atoms with Crippen LogP contribution in [0.5, 0.6) is 5.75 Å². The molecule has 0 aromatic heterocycles. The predicted molar refractivity (Wildman–Crippen MR) is 118 cm³/mol. The van der Waals surface area contributed by atoms with Crippen molar-refractivity contribution in [2.75, 3.05) is 25.5 Å². The summed E-state index contributed by atoms with van der Waals surface area (Å²) >= 11 is 0. The fourth-order valence-corrected chi connectivity index (χ4v) is 5.26. The van der Waals surface area contributed by atoms with Crippen molar-refractivity contribution in [3.8, 4) is 5.75 Å². The summed E-state index contributed by atoms with van der Waals surface area (Å²) in [4.78, 5) is 12.7. The zero-order chi connectivity index (χ0) is 21.6. The standard InChI is InChI=1S/C23H30N2O4S/c1-18-8-7-9-19(16-18)10-13-23(26)24-21-17-20(11-12-22(21)29-2)30(27,28)25-14-5-3-4-6-15-25/h7-9,11-12,16-17H,3-6,10,13-15H2,1-2H3,(H,24,26). The summed E-state index contributed by atoms with van der Waals surface area (Å²) < 4.78 is 33.1. The second kappa shape index (κ2) is 10.1. The Morgan fingerprint density at radius 1 is 1.07 bits per heavy atom. The number of anilines is 1. The molecule has 3 rings (SSSR count). The lowest BCUT2D eigenvalue weighted by Crippen LogP contribution is -2.32. The Bertz CT molecular complexity index is 980. The van der Waals surface area contributed by atoms with Crippen molar-refractivity contribution < 1.29 is 17.9 Å². The normalized spacial score (nSPS) is 15.4. The highest BCUT2D eigenvalue weighted by atomic mass is 32.2. The van der Waals surface area contributed by atoms with Gasteiger partial charge in [0.25, 0.3) is 0 Å². The number of sulfonamides is 1. The van der Waals surface area contributed by atoms with Gasteiger partial charge in [-0.25, -0.2) is 8.42 Å². The molecule has 1 fully saturated rings. The van der Waals surface area contributed by atoms with Gasteiger partial charge in [0.05, 0.1) is 17.7 Å². The fourth-order valence-electron chi connectivity index (χ4n) is 3.71. The molecular formula is C23H30N2O4S. The first-order chi connectivity index (χ1) is 14.4. The first-order valence-corrected chi connectivity index (χ1v) is 11.9. The van der Waals surface area contributed by atoms with Gasteiger partial charge in [-0.1, -0.05) is 42.7 Å². The molecule has 0 spiro atoms. The molecule has 0 radical (unpaired) electrons. The molecular weight excluding hydrogens is 400 g/mol. The molecule has 162 valence electrons. The van der Waals surface area contributed by atoms with Gasteiger partial charge in [0, 0.05) is 19.5 Å². The van der Waals surface area contributed by atoms with Crippen LogP contribution < -0.4 is 10.1 Å². The zero-order valence-electron chi connectivity index (χ0n) is 17.7. The number of nitrogens with zero attached hydrogens (tertiary/aromatic N) is 1. The van der Waals surface area contributed by atoms with E-state index in [9.17, 15) is 13.2 Å². The SMILES string of the molecule is COc1ccc(S(=O)(=O)N2CCCCCC2)cc1NC(=O)CCc1cccc(C)c1. The molecule has 1 heterocycles. The molecule has 1 amide bonds. The van der Waals surface area contributed by atoms with Crippen LogP contribution in [0.25, 0.3) is 0 Å². The molecule has 1 saturated heterocycles. The third-order valence-electron chi connectivity index (χ3n) is 5.37. The van der Waals surface area contributed by atoms with Crippen molar-refractivity contribution in [3.63, 3.8) is 0 Å². The number of rotatable bonds is 7. The van der Waals surface area contributed by atoms with Gasteiger partial charge in [0.15, 0.2) is 0 Å². The topological polar surface area (TPSA) is 75.7 Å². The Morgan fingerprint density at radius 3 is 2.47 bits per heavy atom. The summed E-state index contributed by atoms with van der Waals surface area (Å²) in [6.07, 6.45) is 4.76. The zero-order valence-corrected chi connectivity index (χ0v) is 18.5. The first-order valence-electron chi connectivity index (χ1n) is 10.4. The number of methoxy groups -OCH3 is 1. The van der Waals surface area contributed by atoms with Crippen molar-refractivity contribution in [1.82, 2.24) is 4.31 Å². The first kappa shape index (κ1) is 22.3. The summed E-state index contributed by atoms with van der Waals surface area (Å²) in [7, 11) is -2.10. The molecule has 2 aromatic carbocycles. The van der Waals surface area contributed by atoms with Crippen molar-refractivity contribution in [1.29, 1.82) is 0 Å². The van der Waals surface area contributed by atoms with Crippen molar-refractivity contribution in [3.05, 3.63) is 53.6 Å². The van der Waals surface area contributed by atoms with E-state index in [1.165, 1.54) is 13.2 Å². The number of ether oxygens (including phenoxy) is 1. The molecule has 6 nitrogen and oxygen atoms in total. The molecule has 1 aliphatic rings. The van der Waals surface area contributed by atoms with Crippen LogP contribution in [0.3, 0.4) is 0 Å². The minimum absolute atomic E-state index is 0.180. The number of benzene rings is 2. The van der Waals surface area contributed by atoms with E-state index >= 15 is 0 Å². The van der Waals surface area contributed by atoms with Crippen LogP contribution in [0.4, 0.5) is 5.69 Å². The fraction of sp³-hybridized carbons (Fsp3) is 0.435. The highest BCUT2D eigenvalue weighted by Crippen LogP contribution is 2.30. The molecule has 7 heteroatoms. The molecule has 0 unspecified atom stereocenters. The summed E-state index contributed by atoms with van der Waals surface area (Å²) in [6, 6.07) is 12.7. The van der Waals surface area contributed by atoms with Crippen molar-refractivity contribution >= 4 is 21.6 Å². The Hall–Kier alpha value is -2.38. The van der Waals surface area contributed by atoms with E-state index in [1.807, 2.05) is 25.1 Å². The maximum absolute atomic E-state index is 13.1. The van der Waals surface area contributed by atoms with Gasteiger partial charge in [0.1, 0.15) is 5.75 Å². The molecule has 1 aliphatic heterocycles. The van der Waals surface area contributed by atoms with Gasteiger partial charge in [-0.3, -0.25) is 4.79 Å². The number of hydrogen-bond acceptors (Lipinski definition) is 4. The number of nitrogens with one attached hydrogen (secondary N) is 1. The molecule has 2 aromatic rings. The van der Waals surface area contributed by atoms with Crippen molar-refractivity contribution in [2.45, 2.75) is 50.3 Å². The van der Waals surface area contributed by atoms with Gasteiger partial charge in [-0.2, -0.15) is 4.31 Å². The maximum atomic E-state index is 13.1. The Morgan fingerprint density at radius 2 is 1.80 bits per heavy atom. The minimum Gasteiger partial charge on any atom is -0.495 e. The van der Waals surface area contributed by atoms with Crippen LogP contribution in [0, 0.1) is 6.92 Å². The summed E-state index contributed by atoms with van der Waals surface area (Å²) in [5.74, 6) is 0.257. The van der Waals surface area contributed by atoms with E-state index in [4.69, 9.17) is 4.74 Å². The molecule has 0 bridgehead atoms. The van der Waals surface area contributed by atoms with Gasteiger partial charge in [-0.05, 0) is 49.9 Å². The number of carbonyl (C=O) groups excluding carboxylic acids is 1. The summed E-state index contributed by atoms with van der Waals surface area (Å²) in [5, 5.41) is 2.83. The highest BCUT2D eigenvalue weighted by Gasteiger charge is 2.26. The van der Waals surface area contributed by atoms with Gasteiger partial charge < -0.3 is 10.1 Å². The second-order valence-corrected chi connectivity index (χ2v) is 9.66. The van der Waals surface area contributed by atoms with Crippen molar-refractivity contribution in [2.24, 2.45) is 0 Å². The third kappa shape index (κ3) is 5.61. The summed E-state index contributed by atoms with van der Waals surface area (Å²) in [5.41, 5.74) is 2.62. The average Bonchev–Trinajstić information content (AvgIpc) is 3.02. The second-order valence-electron chi connectivity index (χ2n) is 7.72. The lowest BCUT2D eigenvalue weighted by molar-refractivity contribution is -0.116. The maximum Gasteiger partial charge on any atom is 0.243 e. The molecule has 30 heavy (non-hydrogen) atoms. The Balaban J connectivity index is 1.74. The Kier molecular flexibility index (Phi) is 7.50. The van der Waals surface area contributed by atoms with Gasteiger partial charge in [-0.15, -0.1) is 0 Å². The number of aryl methyl sites for hydroxylation is 2. The molecule has 1 N–H and O–H groups in total. The number of hydrogen-bond donors (Lipinski definition) is 1. The average molecular weight is 431 g/mol. The van der Waals surface area contributed by atoms with E-state index in [1.54, 1.807) is 16.4 Å². The van der Waals surface area contributed by atoms with Crippen LogP contribution in [0.1, 0.15) is 43.2 Å². The number of carbonyl (C=O) groups is 1.